The molecule has 0 amide bonds. The lowest BCUT2D eigenvalue weighted by molar-refractivity contribution is 0.807. The molecule has 1 heterocycles. The molecule has 0 aliphatic heterocycles. The second-order valence-corrected chi connectivity index (χ2v) is 3.66. The van der Waals surface area contributed by atoms with E-state index in [2.05, 4.69) is 5.10 Å². The van der Waals surface area contributed by atoms with Crippen LogP contribution >= 0.6 is 23.2 Å². The van der Waals surface area contributed by atoms with Gasteiger partial charge in [-0.05, 0) is 18.2 Å². The smallest absolute Gasteiger partial charge is 0.266 e. The fourth-order valence-corrected chi connectivity index (χ4v) is 1.54. The van der Waals surface area contributed by atoms with Gasteiger partial charge in [-0.15, -0.1) is 0 Å². The average molecular weight is 241 g/mol. The maximum absolute atomic E-state index is 11.6. The van der Waals surface area contributed by atoms with Crippen molar-refractivity contribution < 1.29 is 0 Å². The summed E-state index contributed by atoms with van der Waals surface area (Å²) in [5.74, 6) is 0. The minimum absolute atomic E-state index is 0.116. The summed E-state index contributed by atoms with van der Waals surface area (Å²) in [5, 5.41) is 4.47. The van der Waals surface area contributed by atoms with Gasteiger partial charge in [-0.1, -0.05) is 35.3 Å². The van der Waals surface area contributed by atoms with E-state index in [0.29, 0.717) is 10.7 Å². The van der Waals surface area contributed by atoms with Crippen molar-refractivity contribution in [2.75, 3.05) is 0 Å². The SMILES string of the molecule is O=c1c(Cl)ccnn1-c1ccccc1Cl. The molecule has 15 heavy (non-hydrogen) atoms. The van der Waals surface area contributed by atoms with Crippen LogP contribution in [0.25, 0.3) is 5.69 Å². The Labute approximate surface area is 95.9 Å². The minimum Gasteiger partial charge on any atom is -0.266 e. The van der Waals surface area contributed by atoms with E-state index in [1.54, 1.807) is 24.3 Å². The normalized spacial score (nSPS) is 10.3. The molecule has 0 saturated carbocycles. The highest BCUT2D eigenvalue weighted by Gasteiger charge is 2.06. The van der Waals surface area contributed by atoms with Gasteiger partial charge in [-0.2, -0.15) is 9.78 Å². The molecule has 1 aromatic heterocycles. The summed E-state index contributed by atoms with van der Waals surface area (Å²) in [7, 11) is 0. The third-order valence-corrected chi connectivity index (χ3v) is 2.49. The number of para-hydroxylation sites is 1. The van der Waals surface area contributed by atoms with Crippen LogP contribution in [-0.2, 0) is 0 Å². The molecular weight excluding hydrogens is 235 g/mol. The topological polar surface area (TPSA) is 34.9 Å². The van der Waals surface area contributed by atoms with Crippen LogP contribution < -0.4 is 5.56 Å². The van der Waals surface area contributed by atoms with E-state index in [1.165, 1.54) is 16.9 Å². The van der Waals surface area contributed by atoms with Crippen LogP contribution in [0.2, 0.25) is 10.0 Å². The van der Waals surface area contributed by atoms with Crippen LogP contribution in [0.15, 0.2) is 41.3 Å². The lowest BCUT2D eigenvalue weighted by atomic mass is 10.3. The molecule has 0 bridgehead atoms. The van der Waals surface area contributed by atoms with Crippen molar-refractivity contribution in [3.05, 3.63) is 56.9 Å². The summed E-state index contributed by atoms with van der Waals surface area (Å²) in [6, 6.07) is 8.38. The maximum atomic E-state index is 11.6. The summed E-state index contributed by atoms with van der Waals surface area (Å²) in [6.45, 7) is 0. The Bertz CT molecular complexity index is 551. The van der Waals surface area contributed by atoms with Crippen molar-refractivity contribution in [3.8, 4) is 5.69 Å². The second-order valence-electron chi connectivity index (χ2n) is 2.85. The number of halogens is 2. The van der Waals surface area contributed by atoms with Gasteiger partial charge in [0.05, 0.1) is 10.7 Å². The fourth-order valence-electron chi connectivity index (χ4n) is 1.19. The zero-order valence-electron chi connectivity index (χ0n) is 7.52. The van der Waals surface area contributed by atoms with E-state index in [4.69, 9.17) is 23.2 Å². The summed E-state index contributed by atoms with van der Waals surface area (Å²) in [5.41, 5.74) is 0.138. The summed E-state index contributed by atoms with van der Waals surface area (Å²) < 4.78 is 1.17. The van der Waals surface area contributed by atoms with Gasteiger partial charge >= 0.3 is 0 Å². The van der Waals surface area contributed by atoms with Gasteiger partial charge in [0, 0.05) is 6.20 Å². The first kappa shape index (κ1) is 10.2. The van der Waals surface area contributed by atoms with Gasteiger partial charge < -0.3 is 0 Å². The Kier molecular flexibility index (Phi) is 2.75. The molecule has 0 spiro atoms. The van der Waals surface area contributed by atoms with Crippen LogP contribution in [0.1, 0.15) is 0 Å². The standard InChI is InChI=1S/C10H6Cl2N2O/c11-7-3-1-2-4-9(7)14-10(15)8(12)5-6-13-14/h1-6H. The first-order valence-corrected chi connectivity index (χ1v) is 4.94. The van der Waals surface area contributed by atoms with Crippen LogP contribution in [0.5, 0.6) is 0 Å². The quantitative estimate of drug-likeness (QED) is 0.768. The summed E-state index contributed by atoms with van der Waals surface area (Å²) >= 11 is 11.6. The number of hydrogen-bond acceptors (Lipinski definition) is 2. The van der Waals surface area contributed by atoms with Crippen molar-refractivity contribution >= 4 is 23.2 Å². The van der Waals surface area contributed by atoms with E-state index >= 15 is 0 Å². The fraction of sp³-hybridized carbons (Fsp3) is 0. The van der Waals surface area contributed by atoms with Crippen LogP contribution in [0.3, 0.4) is 0 Å². The van der Waals surface area contributed by atoms with Crippen molar-refractivity contribution in [2.45, 2.75) is 0 Å². The molecule has 0 aliphatic rings. The zero-order valence-corrected chi connectivity index (χ0v) is 9.03. The Morgan fingerprint density at radius 1 is 1.07 bits per heavy atom. The van der Waals surface area contributed by atoms with Gasteiger partial charge in [-0.25, -0.2) is 0 Å². The Hall–Kier alpha value is -1.32. The Morgan fingerprint density at radius 3 is 2.53 bits per heavy atom. The second kappa shape index (κ2) is 4.04. The van der Waals surface area contributed by atoms with Crippen molar-refractivity contribution in [1.82, 2.24) is 9.78 Å². The van der Waals surface area contributed by atoms with Crippen molar-refractivity contribution in [3.63, 3.8) is 0 Å². The lowest BCUT2D eigenvalue weighted by Crippen LogP contribution is -2.20. The molecule has 2 rings (SSSR count). The molecule has 0 aliphatic carbocycles. The monoisotopic (exact) mass is 240 g/mol. The molecule has 3 nitrogen and oxygen atoms in total. The molecule has 5 heteroatoms. The molecular formula is C10H6Cl2N2O. The molecule has 0 radical (unpaired) electrons. The molecule has 76 valence electrons. The van der Waals surface area contributed by atoms with E-state index in [9.17, 15) is 4.79 Å². The molecule has 1 aromatic carbocycles. The van der Waals surface area contributed by atoms with Gasteiger partial charge in [0.1, 0.15) is 5.02 Å². The van der Waals surface area contributed by atoms with E-state index in [-0.39, 0.29) is 10.6 Å². The highest BCUT2D eigenvalue weighted by atomic mass is 35.5. The number of aromatic nitrogens is 2. The number of hydrogen-bond donors (Lipinski definition) is 0. The average Bonchev–Trinajstić information content (AvgIpc) is 2.23. The third-order valence-electron chi connectivity index (χ3n) is 1.88. The molecule has 0 saturated heterocycles. The van der Waals surface area contributed by atoms with Crippen LogP contribution in [-0.4, -0.2) is 9.78 Å². The third kappa shape index (κ3) is 1.89. The number of nitrogens with zero attached hydrogens (tertiary/aromatic N) is 2. The minimum atomic E-state index is -0.382. The van der Waals surface area contributed by atoms with Crippen LogP contribution in [0.4, 0.5) is 0 Å². The Balaban J connectivity index is 2.70. The lowest BCUT2D eigenvalue weighted by Gasteiger charge is -2.05. The number of rotatable bonds is 1. The van der Waals surface area contributed by atoms with Crippen molar-refractivity contribution in [2.24, 2.45) is 0 Å². The summed E-state index contributed by atoms with van der Waals surface area (Å²) in [6.07, 6.45) is 1.45. The predicted molar refractivity (Wildman–Crippen MR) is 59.9 cm³/mol. The first-order chi connectivity index (χ1) is 7.20. The first-order valence-electron chi connectivity index (χ1n) is 4.19. The number of benzene rings is 1. The van der Waals surface area contributed by atoms with E-state index in [0.717, 1.165) is 0 Å². The molecule has 0 fully saturated rings. The zero-order chi connectivity index (χ0) is 10.8. The molecule has 0 unspecified atom stereocenters. The summed E-state index contributed by atoms with van der Waals surface area (Å²) in [4.78, 5) is 11.6. The molecule has 2 aromatic rings. The van der Waals surface area contributed by atoms with Gasteiger partial charge in [0.15, 0.2) is 0 Å². The largest absolute Gasteiger partial charge is 0.290 e. The van der Waals surface area contributed by atoms with Gasteiger partial charge in [-0.3, -0.25) is 4.79 Å². The van der Waals surface area contributed by atoms with Gasteiger partial charge in [0.25, 0.3) is 5.56 Å². The van der Waals surface area contributed by atoms with Crippen molar-refractivity contribution in [1.29, 1.82) is 0 Å². The van der Waals surface area contributed by atoms with E-state index < -0.39 is 0 Å². The molecule has 0 N–H and O–H groups in total. The van der Waals surface area contributed by atoms with Crippen LogP contribution in [0, 0.1) is 0 Å². The highest BCUT2D eigenvalue weighted by molar-refractivity contribution is 6.32. The Morgan fingerprint density at radius 2 is 1.80 bits per heavy atom. The highest BCUT2D eigenvalue weighted by Crippen LogP contribution is 2.17. The van der Waals surface area contributed by atoms with Gasteiger partial charge in [0.2, 0.25) is 0 Å². The predicted octanol–water partition coefficient (Wildman–Crippen LogP) is 2.54. The maximum Gasteiger partial charge on any atom is 0.290 e. The molecule has 0 atom stereocenters. The van der Waals surface area contributed by atoms with E-state index in [1.807, 2.05) is 0 Å².